The quantitative estimate of drug-likeness (QED) is 0.238. The molecule has 3 N–H and O–H groups in total. The lowest BCUT2D eigenvalue weighted by Crippen LogP contribution is -2.39. The summed E-state index contributed by atoms with van der Waals surface area (Å²) in [5.74, 6) is 1.37. The number of hydrogen-bond acceptors (Lipinski definition) is 7. The van der Waals surface area contributed by atoms with Crippen LogP contribution in [0, 0.1) is 5.92 Å². The van der Waals surface area contributed by atoms with Crippen molar-refractivity contribution >= 4 is 46.0 Å². The molecule has 9 nitrogen and oxygen atoms in total. The highest BCUT2D eigenvalue weighted by Crippen LogP contribution is 2.36. The zero-order chi connectivity index (χ0) is 29.1. The molecule has 216 valence electrons. The lowest BCUT2D eigenvalue weighted by Gasteiger charge is -2.30. The van der Waals surface area contributed by atoms with Crippen LogP contribution in [-0.4, -0.2) is 56.7 Å². The number of pyridine rings is 1. The van der Waals surface area contributed by atoms with Crippen LogP contribution in [0.5, 0.6) is 11.5 Å². The summed E-state index contributed by atoms with van der Waals surface area (Å²) in [6.45, 7) is 2.24. The van der Waals surface area contributed by atoms with E-state index in [2.05, 4.69) is 25.5 Å². The summed E-state index contributed by atoms with van der Waals surface area (Å²) in [4.78, 5) is 23.6. The Morgan fingerprint density at radius 3 is 2.61 bits per heavy atom. The summed E-state index contributed by atoms with van der Waals surface area (Å²) in [7, 11) is 1.73. The van der Waals surface area contributed by atoms with E-state index in [0.29, 0.717) is 48.2 Å². The summed E-state index contributed by atoms with van der Waals surface area (Å²) < 4.78 is 47.2. The van der Waals surface area contributed by atoms with Gasteiger partial charge in [-0.3, -0.25) is 4.79 Å². The van der Waals surface area contributed by atoms with Crippen molar-refractivity contribution in [1.29, 1.82) is 0 Å². The fourth-order valence-corrected chi connectivity index (χ4v) is 4.91. The number of β-amino-alcohol motifs (C(OH)–C–C–N with tert-alkyl or cyclic N) is 1. The smallest absolute Gasteiger partial charge is 0.416 e. The van der Waals surface area contributed by atoms with Crippen LogP contribution in [0.15, 0.2) is 54.7 Å². The third-order valence-corrected chi connectivity index (χ3v) is 7.32. The number of carbonyl (C=O) groups is 1. The van der Waals surface area contributed by atoms with Gasteiger partial charge in [-0.15, -0.1) is 0 Å². The Morgan fingerprint density at radius 1 is 1.12 bits per heavy atom. The first-order chi connectivity index (χ1) is 19.6. The van der Waals surface area contributed by atoms with E-state index in [-0.39, 0.29) is 29.1 Å². The number of ether oxygens (including phenoxy) is 1. The van der Waals surface area contributed by atoms with Crippen LogP contribution in [0.4, 0.5) is 30.6 Å². The van der Waals surface area contributed by atoms with Crippen molar-refractivity contribution in [3.63, 3.8) is 0 Å². The number of aliphatic hydroxyl groups is 1. The Labute approximate surface area is 238 Å². The number of amides is 1. The first-order valence-electron chi connectivity index (χ1n) is 13.0. The number of alkyl halides is 3. The maximum absolute atomic E-state index is 13.2. The number of anilines is 3. The number of fused-ring (bicyclic) bond motifs is 1. The Bertz CT molecular complexity index is 1550. The molecule has 0 saturated carbocycles. The minimum Gasteiger partial charge on any atom is -0.457 e. The molecule has 0 aliphatic carbocycles. The van der Waals surface area contributed by atoms with Crippen LogP contribution < -0.4 is 15.4 Å². The highest BCUT2D eigenvalue weighted by atomic mass is 35.5. The van der Waals surface area contributed by atoms with Crippen LogP contribution in [0.3, 0.4) is 0 Å². The third kappa shape index (κ3) is 6.72. The van der Waals surface area contributed by atoms with E-state index >= 15 is 0 Å². The largest absolute Gasteiger partial charge is 0.457 e. The molecule has 41 heavy (non-hydrogen) atoms. The SMILES string of the molecule is Cn1c(Nc2cc(C(F)(F)F)ccc2Cl)nc2cc(Oc3ccnc(NC(=O)C4CCN(CCO)CC4)c3)ccc21. The van der Waals surface area contributed by atoms with Gasteiger partial charge < -0.3 is 29.9 Å². The number of aromatic nitrogens is 3. The van der Waals surface area contributed by atoms with E-state index in [9.17, 15) is 18.0 Å². The molecule has 1 amide bonds. The Hall–Kier alpha value is -3.87. The minimum absolute atomic E-state index is 0.0819. The summed E-state index contributed by atoms with van der Waals surface area (Å²) in [6.07, 6.45) is -1.55. The van der Waals surface area contributed by atoms with Gasteiger partial charge >= 0.3 is 6.18 Å². The molecular formula is C28H28ClF3N6O3. The van der Waals surface area contributed by atoms with Crippen LogP contribution in [0.25, 0.3) is 11.0 Å². The maximum Gasteiger partial charge on any atom is 0.416 e. The lowest BCUT2D eigenvalue weighted by atomic mass is 9.96. The molecule has 2 aromatic carbocycles. The standard InChI is InChI=1S/C28H28ClF3N6O3/c1-37-24-5-3-19(15-23(24)35-27(37)34-22-14-18(28(30,31)32)2-4-21(22)29)41-20-6-9-33-25(16-20)36-26(40)17-7-10-38(11-8-17)12-13-39/h2-6,9,14-17,39H,7-8,10-13H2,1H3,(H,34,35)(H,33,36,40). The molecule has 13 heteroatoms. The van der Waals surface area contributed by atoms with Crippen molar-refractivity contribution < 1.29 is 27.8 Å². The van der Waals surface area contributed by atoms with E-state index in [1.165, 1.54) is 12.3 Å². The molecule has 0 bridgehead atoms. The van der Waals surface area contributed by atoms with Gasteiger partial charge in [-0.2, -0.15) is 13.2 Å². The van der Waals surface area contributed by atoms with Gasteiger partial charge in [0.2, 0.25) is 11.9 Å². The highest BCUT2D eigenvalue weighted by Gasteiger charge is 2.31. The zero-order valence-corrected chi connectivity index (χ0v) is 22.8. The number of halogens is 4. The summed E-state index contributed by atoms with van der Waals surface area (Å²) in [5.41, 5.74) is 0.523. The molecule has 1 fully saturated rings. The van der Waals surface area contributed by atoms with Crippen molar-refractivity contribution in [2.45, 2.75) is 19.0 Å². The number of nitrogens with zero attached hydrogens (tertiary/aromatic N) is 4. The Balaban J connectivity index is 1.27. The number of benzene rings is 2. The number of hydrogen-bond donors (Lipinski definition) is 3. The molecule has 0 unspecified atom stereocenters. The molecule has 1 aliphatic rings. The second kappa shape index (κ2) is 11.9. The van der Waals surface area contributed by atoms with Crippen molar-refractivity contribution in [3.05, 3.63) is 65.3 Å². The molecule has 0 atom stereocenters. The van der Waals surface area contributed by atoms with Gasteiger partial charge in [-0.25, -0.2) is 9.97 Å². The molecule has 0 radical (unpaired) electrons. The average molecular weight is 589 g/mol. The van der Waals surface area contributed by atoms with Gasteiger partial charge in [0.15, 0.2) is 0 Å². The van der Waals surface area contributed by atoms with E-state index < -0.39 is 11.7 Å². The Morgan fingerprint density at radius 2 is 1.88 bits per heavy atom. The van der Waals surface area contributed by atoms with Gasteiger partial charge in [0.1, 0.15) is 17.3 Å². The molecule has 1 saturated heterocycles. The van der Waals surface area contributed by atoms with Gasteiger partial charge in [0.25, 0.3) is 0 Å². The van der Waals surface area contributed by atoms with Gasteiger partial charge in [0, 0.05) is 37.8 Å². The van der Waals surface area contributed by atoms with Crippen molar-refractivity contribution in [1.82, 2.24) is 19.4 Å². The molecule has 4 aromatic rings. The minimum atomic E-state index is -4.51. The third-order valence-electron chi connectivity index (χ3n) is 6.99. The van der Waals surface area contributed by atoms with Gasteiger partial charge in [-0.05, 0) is 62.3 Å². The number of aliphatic hydroxyl groups excluding tert-OH is 1. The first-order valence-corrected chi connectivity index (χ1v) is 13.4. The highest BCUT2D eigenvalue weighted by molar-refractivity contribution is 6.33. The number of likely N-dealkylation sites (tertiary alicyclic amines) is 1. The van der Waals surface area contributed by atoms with Crippen LogP contribution in [0.1, 0.15) is 18.4 Å². The Kier molecular flexibility index (Phi) is 8.34. The van der Waals surface area contributed by atoms with Crippen molar-refractivity contribution in [2.24, 2.45) is 13.0 Å². The number of nitrogens with one attached hydrogen (secondary N) is 2. The fourth-order valence-electron chi connectivity index (χ4n) is 4.74. The first kappa shape index (κ1) is 28.7. The topological polar surface area (TPSA) is 105 Å². The number of carbonyl (C=O) groups excluding carboxylic acids is 1. The predicted molar refractivity (Wildman–Crippen MR) is 150 cm³/mol. The van der Waals surface area contributed by atoms with Gasteiger partial charge in [-0.1, -0.05) is 11.6 Å². The monoisotopic (exact) mass is 588 g/mol. The lowest BCUT2D eigenvalue weighted by molar-refractivity contribution is -0.137. The summed E-state index contributed by atoms with van der Waals surface area (Å²) in [5, 5.41) is 15.0. The summed E-state index contributed by atoms with van der Waals surface area (Å²) >= 11 is 6.14. The number of aryl methyl sites for hydroxylation is 1. The molecular weight excluding hydrogens is 561 g/mol. The van der Waals surface area contributed by atoms with Crippen molar-refractivity contribution in [3.8, 4) is 11.5 Å². The number of rotatable bonds is 8. The number of piperidine rings is 1. The zero-order valence-electron chi connectivity index (χ0n) is 22.1. The molecule has 2 aromatic heterocycles. The van der Waals surface area contributed by atoms with Gasteiger partial charge in [0.05, 0.1) is 33.9 Å². The molecule has 0 spiro atoms. The number of imidazole rings is 1. The van der Waals surface area contributed by atoms with E-state index in [0.717, 1.165) is 30.7 Å². The van der Waals surface area contributed by atoms with Crippen LogP contribution in [0.2, 0.25) is 5.02 Å². The second-order valence-corrected chi connectivity index (χ2v) is 10.2. The molecule has 3 heterocycles. The maximum atomic E-state index is 13.2. The van der Waals surface area contributed by atoms with E-state index in [1.807, 2.05) is 0 Å². The average Bonchev–Trinajstić information content (AvgIpc) is 3.24. The van der Waals surface area contributed by atoms with Crippen LogP contribution in [-0.2, 0) is 18.0 Å². The summed E-state index contributed by atoms with van der Waals surface area (Å²) in [6, 6.07) is 11.6. The van der Waals surface area contributed by atoms with E-state index in [4.69, 9.17) is 21.4 Å². The molecule has 5 rings (SSSR count). The van der Waals surface area contributed by atoms with Crippen molar-refractivity contribution in [2.75, 3.05) is 36.9 Å². The van der Waals surface area contributed by atoms with E-state index in [1.54, 1.807) is 41.9 Å². The fraction of sp³-hybridized carbons (Fsp3) is 0.321. The van der Waals surface area contributed by atoms with Crippen LogP contribution >= 0.6 is 11.6 Å². The second-order valence-electron chi connectivity index (χ2n) is 9.77. The normalized spacial score (nSPS) is 14.8. The molecule has 1 aliphatic heterocycles. The predicted octanol–water partition coefficient (Wildman–Crippen LogP) is 5.82.